The number of imidazole rings is 2. The van der Waals surface area contributed by atoms with E-state index in [0.717, 1.165) is 52.0 Å². The fraction of sp³-hybridized carbons (Fsp3) is 0.0370. The lowest BCUT2D eigenvalue weighted by atomic mass is 10.1. The summed E-state index contributed by atoms with van der Waals surface area (Å²) in [6.45, 7) is 0.746. The normalized spacial score (nSPS) is 11.3. The molecule has 0 aliphatic rings. The Kier molecular flexibility index (Phi) is 4.54. The number of aldehydes is 1. The lowest BCUT2D eigenvalue weighted by molar-refractivity contribution is 0.112. The zero-order valence-corrected chi connectivity index (χ0v) is 17.7. The molecule has 0 atom stereocenters. The molecule has 0 aliphatic heterocycles. The number of carbonyl (C=O) groups excluding carboxylic acids is 1. The number of hydrogen-bond donors (Lipinski definition) is 0. The van der Waals surface area contributed by atoms with Crippen LogP contribution in [0.1, 0.15) is 15.9 Å². The molecular weight excluding hydrogens is 410 g/mol. The second-order valence-electron chi connectivity index (χ2n) is 7.93. The van der Waals surface area contributed by atoms with Crippen molar-refractivity contribution in [2.75, 3.05) is 0 Å². The summed E-state index contributed by atoms with van der Waals surface area (Å²) < 4.78 is 4.13. The van der Waals surface area contributed by atoms with Crippen molar-refractivity contribution >= 4 is 23.0 Å². The quantitative estimate of drug-likeness (QED) is 0.350. The summed E-state index contributed by atoms with van der Waals surface area (Å²) >= 11 is 0. The monoisotopic (exact) mass is 429 g/mol. The van der Waals surface area contributed by atoms with E-state index in [2.05, 4.69) is 32.7 Å². The maximum atomic E-state index is 11.0. The molecule has 158 valence electrons. The number of rotatable bonds is 5. The summed E-state index contributed by atoms with van der Waals surface area (Å²) in [6, 6.07) is 24.0. The number of hydrogen-bond acceptors (Lipinski definition) is 4. The van der Waals surface area contributed by atoms with Crippen molar-refractivity contribution in [3.63, 3.8) is 0 Å². The van der Waals surface area contributed by atoms with Gasteiger partial charge in [0.1, 0.15) is 12.0 Å². The molecule has 6 heteroatoms. The number of aromatic nitrogens is 5. The van der Waals surface area contributed by atoms with E-state index < -0.39 is 0 Å². The Balaban J connectivity index is 1.48. The highest BCUT2D eigenvalue weighted by atomic mass is 16.1. The van der Waals surface area contributed by atoms with E-state index in [1.54, 1.807) is 18.3 Å². The van der Waals surface area contributed by atoms with E-state index in [-0.39, 0.29) is 0 Å². The number of benzene rings is 3. The highest BCUT2D eigenvalue weighted by Gasteiger charge is 2.13. The van der Waals surface area contributed by atoms with E-state index in [9.17, 15) is 4.79 Å². The molecule has 3 aromatic heterocycles. The second-order valence-corrected chi connectivity index (χ2v) is 7.93. The van der Waals surface area contributed by atoms with Gasteiger partial charge in [-0.25, -0.2) is 15.0 Å². The van der Waals surface area contributed by atoms with Gasteiger partial charge in [0.2, 0.25) is 0 Å². The van der Waals surface area contributed by atoms with E-state index in [1.807, 2.05) is 65.6 Å². The molecule has 33 heavy (non-hydrogen) atoms. The Morgan fingerprint density at radius 3 is 2.52 bits per heavy atom. The first-order chi connectivity index (χ1) is 16.3. The first kappa shape index (κ1) is 19.1. The largest absolute Gasteiger partial charge is 0.326 e. The van der Waals surface area contributed by atoms with Gasteiger partial charge >= 0.3 is 0 Å². The molecule has 0 fully saturated rings. The van der Waals surface area contributed by atoms with Crippen LogP contribution in [0.25, 0.3) is 39.2 Å². The topological polar surface area (TPSA) is 65.1 Å². The van der Waals surface area contributed by atoms with Gasteiger partial charge in [0.25, 0.3) is 0 Å². The molecule has 0 aliphatic carbocycles. The Bertz CT molecular complexity index is 1600. The number of fused-ring (bicyclic) bond motifs is 2. The van der Waals surface area contributed by atoms with Crippen molar-refractivity contribution in [3.8, 4) is 22.5 Å². The molecular formula is C27H19N5O. The molecule has 6 aromatic rings. The van der Waals surface area contributed by atoms with Crippen LogP contribution in [0.4, 0.5) is 0 Å². The summed E-state index contributed by atoms with van der Waals surface area (Å²) in [5, 5.41) is 0. The lowest BCUT2D eigenvalue weighted by Crippen LogP contribution is -1.99. The number of carbonyl (C=O) groups is 1. The summed E-state index contributed by atoms with van der Waals surface area (Å²) in [5.74, 6) is 0. The van der Waals surface area contributed by atoms with Crippen LogP contribution in [0.5, 0.6) is 0 Å². The minimum Gasteiger partial charge on any atom is -0.326 e. The van der Waals surface area contributed by atoms with Crippen LogP contribution >= 0.6 is 0 Å². The summed E-state index contributed by atoms with van der Waals surface area (Å²) in [4.78, 5) is 25.1. The molecule has 6 nitrogen and oxygen atoms in total. The summed E-state index contributed by atoms with van der Waals surface area (Å²) in [5.41, 5.74) is 8.15. The molecule has 0 saturated carbocycles. The first-order valence-corrected chi connectivity index (χ1v) is 10.7. The van der Waals surface area contributed by atoms with Crippen molar-refractivity contribution in [2.45, 2.75) is 6.54 Å². The van der Waals surface area contributed by atoms with E-state index >= 15 is 0 Å². The van der Waals surface area contributed by atoms with Crippen LogP contribution in [0.15, 0.2) is 97.7 Å². The maximum absolute atomic E-state index is 11.0. The van der Waals surface area contributed by atoms with Gasteiger partial charge in [0.05, 0.1) is 23.1 Å². The van der Waals surface area contributed by atoms with Gasteiger partial charge in [-0.2, -0.15) is 0 Å². The predicted octanol–water partition coefficient (Wildman–Crippen LogP) is 5.27. The van der Waals surface area contributed by atoms with Crippen LogP contribution in [0.2, 0.25) is 0 Å². The van der Waals surface area contributed by atoms with Crippen molar-refractivity contribution in [1.29, 1.82) is 0 Å². The van der Waals surface area contributed by atoms with Gasteiger partial charge in [0, 0.05) is 41.8 Å². The van der Waals surface area contributed by atoms with E-state index in [0.29, 0.717) is 5.56 Å². The van der Waals surface area contributed by atoms with Gasteiger partial charge in [-0.05, 0) is 17.7 Å². The minimum absolute atomic E-state index is 0.639. The smallest absolute Gasteiger partial charge is 0.163 e. The van der Waals surface area contributed by atoms with Crippen LogP contribution in [-0.2, 0) is 6.54 Å². The lowest BCUT2D eigenvalue weighted by Gasteiger charge is -2.10. The fourth-order valence-corrected chi connectivity index (χ4v) is 4.11. The van der Waals surface area contributed by atoms with Crippen LogP contribution in [-0.4, -0.2) is 30.2 Å². The van der Waals surface area contributed by atoms with Gasteiger partial charge < -0.3 is 8.97 Å². The van der Waals surface area contributed by atoms with Gasteiger partial charge in [-0.1, -0.05) is 60.7 Å². The molecule has 0 amide bonds. The van der Waals surface area contributed by atoms with Crippen molar-refractivity contribution in [2.24, 2.45) is 0 Å². The van der Waals surface area contributed by atoms with E-state index in [4.69, 9.17) is 4.98 Å². The molecule has 0 spiro atoms. The van der Waals surface area contributed by atoms with Crippen molar-refractivity contribution in [1.82, 2.24) is 23.9 Å². The standard InChI is InChI=1S/C27H19N5O/c33-17-20-6-8-21(9-7-20)24-16-31-13-12-28-27(31)26(30-24)22-10-11-23-25(14-22)32(18-29-23)15-19-4-2-1-3-5-19/h1-14,16-18H,15H2. The fourth-order valence-electron chi connectivity index (χ4n) is 4.11. The zero-order chi connectivity index (χ0) is 22.2. The molecule has 0 bridgehead atoms. The molecule has 0 N–H and O–H groups in total. The highest BCUT2D eigenvalue weighted by molar-refractivity contribution is 5.85. The Morgan fingerprint density at radius 2 is 1.70 bits per heavy atom. The van der Waals surface area contributed by atoms with Gasteiger partial charge in [0.15, 0.2) is 5.65 Å². The van der Waals surface area contributed by atoms with Crippen molar-refractivity contribution in [3.05, 3.63) is 109 Å². The Hall–Kier alpha value is -4.58. The predicted molar refractivity (Wildman–Crippen MR) is 128 cm³/mol. The summed E-state index contributed by atoms with van der Waals surface area (Å²) in [6.07, 6.45) is 8.38. The SMILES string of the molecule is O=Cc1ccc(-c2cn3ccnc3c(-c3ccc4ncn(Cc5ccccc5)c4c3)n2)cc1. The third-order valence-corrected chi connectivity index (χ3v) is 5.81. The molecule has 0 unspecified atom stereocenters. The van der Waals surface area contributed by atoms with Crippen molar-refractivity contribution < 1.29 is 4.79 Å². The molecule has 3 aromatic carbocycles. The third-order valence-electron chi connectivity index (χ3n) is 5.81. The zero-order valence-electron chi connectivity index (χ0n) is 17.7. The molecule has 3 heterocycles. The molecule has 6 rings (SSSR count). The summed E-state index contributed by atoms with van der Waals surface area (Å²) in [7, 11) is 0. The maximum Gasteiger partial charge on any atom is 0.163 e. The van der Waals surface area contributed by atoms with E-state index in [1.165, 1.54) is 5.56 Å². The third kappa shape index (κ3) is 3.47. The van der Waals surface area contributed by atoms with Gasteiger partial charge in [-0.3, -0.25) is 4.79 Å². The molecule has 0 saturated heterocycles. The number of nitrogens with zero attached hydrogens (tertiary/aromatic N) is 5. The van der Waals surface area contributed by atoms with Crippen LogP contribution < -0.4 is 0 Å². The average Bonchev–Trinajstić information content (AvgIpc) is 3.51. The van der Waals surface area contributed by atoms with Crippen LogP contribution in [0.3, 0.4) is 0 Å². The Morgan fingerprint density at radius 1 is 0.879 bits per heavy atom. The average molecular weight is 429 g/mol. The second kappa shape index (κ2) is 7.84. The highest BCUT2D eigenvalue weighted by Crippen LogP contribution is 2.29. The Labute approximate surface area is 189 Å². The van der Waals surface area contributed by atoms with Crippen LogP contribution in [0, 0.1) is 0 Å². The molecule has 0 radical (unpaired) electrons. The van der Waals surface area contributed by atoms with Gasteiger partial charge in [-0.15, -0.1) is 0 Å². The first-order valence-electron chi connectivity index (χ1n) is 10.7. The minimum atomic E-state index is 0.639.